The van der Waals surface area contributed by atoms with Crippen LogP contribution in [0.25, 0.3) is 17.0 Å². The maximum absolute atomic E-state index is 14.2. The molecule has 0 spiro atoms. The van der Waals surface area contributed by atoms with Crippen LogP contribution in [0.1, 0.15) is 26.7 Å². The lowest BCUT2D eigenvalue weighted by atomic mass is 10.0. The number of hydrogen-bond donors (Lipinski definition) is 0. The second-order valence-electron chi connectivity index (χ2n) is 6.83. The first kappa shape index (κ1) is 18.0. The number of nitrogens with zero attached hydrogens (tertiary/aromatic N) is 5. The standard InChI is InChI=1S/C19H22FN5OS/c1-3-19(4-2)13-24(11-12-27(19)26)17-10-9-16-21-22-18(25(16)23-17)14-7-5-6-8-15(14)20/h5-10H,3-4,11-13H2,1-2H3. The molecular formula is C19H22FN5OS. The van der Waals surface area contributed by atoms with Crippen LogP contribution in [0.5, 0.6) is 0 Å². The normalized spacial score (nSPS) is 19.5. The van der Waals surface area contributed by atoms with E-state index >= 15 is 0 Å². The van der Waals surface area contributed by atoms with Crippen LogP contribution >= 0.6 is 0 Å². The topological polar surface area (TPSA) is 63.4 Å². The molecule has 3 heterocycles. The summed E-state index contributed by atoms with van der Waals surface area (Å²) in [6.45, 7) is 5.57. The maximum Gasteiger partial charge on any atom is 0.188 e. The number of fused-ring (bicyclic) bond motifs is 1. The monoisotopic (exact) mass is 387 g/mol. The molecule has 6 nitrogen and oxygen atoms in total. The number of benzene rings is 1. The summed E-state index contributed by atoms with van der Waals surface area (Å²) in [5.41, 5.74) is 0.931. The van der Waals surface area contributed by atoms with Gasteiger partial charge in [0.05, 0.1) is 10.3 Å². The van der Waals surface area contributed by atoms with Crippen LogP contribution in [-0.4, -0.2) is 47.6 Å². The van der Waals surface area contributed by atoms with E-state index in [1.807, 2.05) is 12.1 Å². The van der Waals surface area contributed by atoms with Gasteiger partial charge < -0.3 is 4.90 Å². The third kappa shape index (κ3) is 3.01. The maximum atomic E-state index is 14.2. The predicted molar refractivity (Wildman–Crippen MR) is 105 cm³/mol. The molecule has 3 aromatic rings. The molecule has 0 saturated carbocycles. The van der Waals surface area contributed by atoms with Crippen LogP contribution in [0.4, 0.5) is 10.2 Å². The molecule has 0 aliphatic carbocycles. The molecule has 8 heteroatoms. The molecule has 1 aliphatic heterocycles. The predicted octanol–water partition coefficient (Wildman–Crippen LogP) is 3.06. The van der Waals surface area contributed by atoms with Gasteiger partial charge in [0.1, 0.15) is 11.6 Å². The van der Waals surface area contributed by atoms with Gasteiger partial charge >= 0.3 is 0 Å². The first-order valence-corrected chi connectivity index (χ1v) is 10.5. The molecular weight excluding hydrogens is 365 g/mol. The molecule has 2 aromatic heterocycles. The fraction of sp³-hybridized carbons (Fsp3) is 0.421. The zero-order valence-electron chi connectivity index (χ0n) is 15.4. The van der Waals surface area contributed by atoms with E-state index in [1.165, 1.54) is 6.07 Å². The summed E-state index contributed by atoms with van der Waals surface area (Å²) >= 11 is 0. The molecule has 0 N–H and O–H groups in total. The molecule has 142 valence electrons. The summed E-state index contributed by atoms with van der Waals surface area (Å²) < 4.78 is 28.2. The van der Waals surface area contributed by atoms with E-state index in [1.54, 1.807) is 22.7 Å². The first-order chi connectivity index (χ1) is 13.1. The molecule has 1 aromatic carbocycles. The molecule has 1 atom stereocenters. The Morgan fingerprint density at radius 2 is 1.93 bits per heavy atom. The van der Waals surface area contributed by atoms with Gasteiger partial charge in [-0.25, -0.2) is 4.39 Å². The van der Waals surface area contributed by atoms with Crippen molar-refractivity contribution in [2.75, 3.05) is 23.7 Å². The first-order valence-electron chi connectivity index (χ1n) is 9.19. The minimum atomic E-state index is -0.838. The Labute approximate surface area is 159 Å². The number of halogens is 1. The lowest BCUT2D eigenvalue weighted by molar-refractivity contribution is 0.493. The molecule has 0 bridgehead atoms. The van der Waals surface area contributed by atoms with Crippen LogP contribution < -0.4 is 4.90 Å². The summed E-state index contributed by atoms with van der Waals surface area (Å²) in [5, 5.41) is 12.9. The van der Waals surface area contributed by atoms with E-state index in [2.05, 4.69) is 34.0 Å². The highest BCUT2D eigenvalue weighted by Gasteiger charge is 2.39. The van der Waals surface area contributed by atoms with E-state index in [0.29, 0.717) is 35.9 Å². The van der Waals surface area contributed by atoms with E-state index in [-0.39, 0.29) is 10.6 Å². The van der Waals surface area contributed by atoms with Crippen LogP contribution in [0, 0.1) is 5.82 Å². The Morgan fingerprint density at radius 1 is 1.15 bits per heavy atom. The average Bonchev–Trinajstić information content (AvgIpc) is 3.12. The molecule has 1 fully saturated rings. The molecule has 27 heavy (non-hydrogen) atoms. The largest absolute Gasteiger partial charge is 0.353 e. The van der Waals surface area contributed by atoms with Gasteiger partial charge in [-0.3, -0.25) is 4.21 Å². The number of rotatable bonds is 4. The third-order valence-corrected chi connectivity index (χ3v) is 7.71. The fourth-order valence-electron chi connectivity index (χ4n) is 3.66. The smallest absolute Gasteiger partial charge is 0.188 e. The van der Waals surface area contributed by atoms with Crippen molar-refractivity contribution >= 4 is 22.3 Å². The highest BCUT2D eigenvalue weighted by Crippen LogP contribution is 2.31. The molecule has 1 aliphatic rings. The van der Waals surface area contributed by atoms with E-state index in [4.69, 9.17) is 0 Å². The third-order valence-electron chi connectivity index (χ3n) is 5.48. The van der Waals surface area contributed by atoms with Crippen LogP contribution in [0.15, 0.2) is 36.4 Å². The van der Waals surface area contributed by atoms with Crippen LogP contribution in [-0.2, 0) is 10.8 Å². The second kappa shape index (κ2) is 6.99. The molecule has 0 amide bonds. The van der Waals surface area contributed by atoms with Gasteiger partial charge in [-0.05, 0) is 37.1 Å². The number of anilines is 1. The summed E-state index contributed by atoms with van der Waals surface area (Å²) in [6, 6.07) is 10.2. The van der Waals surface area contributed by atoms with E-state index < -0.39 is 10.8 Å². The summed E-state index contributed by atoms with van der Waals surface area (Å²) in [5.74, 6) is 1.41. The number of hydrogen-bond acceptors (Lipinski definition) is 5. The minimum Gasteiger partial charge on any atom is -0.353 e. The van der Waals surface area contributed by atoms with E-state index in [9.17, 15) is 8.60 Å². The molecule has 1 saturated heterocycles. The summed E-state index contributed by atoms with van der Waals surface area (Å²) in [6.07, 6.45) is 1.73. The summed E-state index contributed by atoms with van der Waals surface area (Å²) in [4.78, 5) is 2.17. The van der Waals surface area contributed by atoms with Gasteiger partial charge in [0.2, 0.25) is 0 Å². The quantitative estimate of drug-likeness (QED) is 0.688. The zero-order chi connectivity index (χ0) is 19.0. The minimum absolute atomic E-state index is 0.212. The Morgan fingerprint density at radius 3 is 2.67 bits per heavy atom. The SMILES string of the molecule is CCC1(CC)CN(c2ccc3nnc(-c4ccccc4F)n3n2)CCS1=O. The van der Waals surface area contributed by atoms with Gasteiger partial charge in [-0.15, -0.1) is 15.3 Å². The zero-order valence-corrected chi connectivity index (χ0v) is 16.2. The Kier molecular flexibility index (Phi) is 4.67. The Balaban J connectivity index is 1.75. The van der Waals surface area contributed by atoms with Crippen molar-refractivity contribution in [3.05, 3.63) is 42.2 Å². The highest BCUT2D eigenvalue weighted by molar-refractivity contribution is 7.86. The van der Waals surface area contributed by atoms with E-state index in [0.717, 1.165) is 18.7 Å². The average molecular weight is 387 g/mol. The Hall–Kier alpha value is -2.35. The van der Waals surface area contributed by atoms with Gasteiger partial charge in [0, 0.05) is 29.6 Å². The van der Waals surface area contributed by atoms with Crippen molar-refractivity contribution in [3.8, 4) is 11.4 Å². The highest BCUT2D eigenvalue weighted by atomic mass is 32.2. The fourth-order valence-corrected chi connectivity index (χ4v) is 5.42. The van der Waals surface area contributed by atoms with Crippen molar-refractivity contribution < 1.29 is 8.60 Å². The summed E-state index contributed by atoms with van der Waals surface area (Å²) in [7, 11) is -0.838. The Bertz CT molecular complexity index is 1000. The number of aromatic nitrogens is 4. The second-order valence-corrected chi connectivity index (χ2v) is 8.79. The van der Waals surface area contributed by atoms with Crippen LogP contribution in [0.2, 0.25) is 0 Å². The van der Waals surface area contributed by atoms with Crippen molar-refractivity contribution in [2.45, 2.75) is 31.4 Å². The molecule has 4 rings (SSSR count). The van der Waals surface area contributed by atoms with Crippen molar-refractivity contribution in [2.24, 2.45) is 0 Å². The molecule has 0 radical (unpaired) electrons. The van der Waals surface area contributed by atoms with Gasteiger partial charge in [0.25, 0.3) is 0 Å². The van der Waals surface area contributed by atoms with Crippen molar-refractivity contribution in [1.29, 1.82) is 0 Å². The van der Waals surface area contributed by atoms with Crippen molar-refractivity contribution in [3.63, 3.8) is 0 Å². The van der Waals surface area contributed by atoms with Gasteiger partial charge in [-0.2, -0.15) is 4.52 Å². The van der Waals surface area contributed by atoms with Gasteiger partial charge in [-0.1, -0.05) is 26.0 Å². The van der Waals surface area contributed by atoms with Gasteiger partial charge in [0.15, 0.2) is 11.5 Å². The lowest BCUT2D eigenvalue weighted by Crippen LogP contribution is -2.53. The van der Waals surface area contributed by atoms with Crippen LogP contribution in [0.3, 0.4) is 0 Å². The lowest BCUT2D eigenvalue weighted by Gasteiger charge is -2.41. The molecule has 1 unspecified atom stereocenters. The van der Waals surface area contributed by atoms with Crippen molar-refractivity contribution in [1.82, 2.24) is 19.8 Å².